The highest BCUT2D eigenvalue weighted by Crippen LogP contribution is 2.48. The molecule has 7 rings (SSSR count). The van der Waals surface area contributed by atoms with E-state index in [1.807, 2.05) is 46.0 Å². The first kappa shape index (κ1) is 34.9. The predicted molar refractivity (Wildman–Crippen MR) is 194 cm³/mol. The normalized spacial score (nSPS) is 15.7. The third kappa shape index (κ3) is 5.80. The lowest BCUT2D eigenvalue weighted by molar-refractivity contribution is -0.130. The molecule has 0 spiro atoms. The van der Waals surface area contributed by atoms with Gasteiger partial charge in [-0.15, -0.1) is 11.3 Å². The summed E-state index contributed by atoms with van der Waals surface area (Å²) in [6.07, 6.45) is 1.20. The van der Waals surface area contributed by atoms with Crippen LogP contribution >= 0.6 is 11.3 Å². The summed E-state index contributed by atoms with van der Waals surface area (Å²) in [6.45, 7) is 9.58. The minimum atomic E-state index is -1.00. The number of amides is 2. The summed E-state index contributed by atoms with van der Waals surface area (Å²) in [5.74, 6) is -3.25. The molecule has 0 unspecified atom stereocenters. The second-order valence-corrected chi connectivity index (χ2v) is 14.1. The molecule has 10 nitrogen and oxygen atoms in total. The van der Waals surface area contributed by atoms with Crippen molar-refractivity contribution >= 4 is 44.1 Å². The van der Waals surface area contributed by atoms with Crippen molar-refractivity contribution in [2.75, 3.05) is 27.2 Å². The van der Waals surface area contributed by atoms with Gasteiger partial charge in [-0.3, -0.25) is 19.0 Å². The largest absolute Gasteiger partial charge is 0.492 e. The van der Waals surface area contributed by atoms with E-state index < -0.39 is 23.5 Å². The van der Waals surface area contributed by atoms with Crippen molar-refractivity contribution in [2.24, 2.45) is 7.05 Å². The van der Waals surface area contributed by atoms with Crippen molar-refractivity contribution in [2.45, 2.75) is 39.3 Å². The number of ether oxygens (including phenoxy) is 1. The van der Waals surface area contributed by atoms with Crippen molar-refractivity contribution < 1.29 is 27.5 Å². The number of pyridine rings is 1. The molecule has 268 valence electrons. The fraction of sp³-hybridized carbons (Fsp3) is 0.289. The van der Waals surface area contributed by atoms with Crippen LogP contribution in [-0.4, -0.2) is 73.4 Å². The first-order valence-electron chi connectivity index (χ1n) is 16.7. The lowest BCUT2D eigenvalue weighted by Crippen LogP contribution is -2.42. The smallest absolute Gasteiger partial charge is 0.246 e. The van der Waals surface area contributed by atoms with E-state index in [9.17, 15) is 14.0 Å². The third-order valence-corrected chi connectivity index (χ3v) is 10.6. The van der Waals surface area contributed by atoms with Gasteiger partial charge in [-0.05, 0) is 39.0 Å². The first-order valence-corrected chi connectivity index (χ1v) is 17.6. The van der Waals surface area contributed by atoms with E-state index in [1.54, 1.807) is 34.4 Å². The van der Waals surface area contributed by atoms with Gasteiger partial charge in [0.05, 0.1) is 52.3 Å². The zero-order chi connectivity index (χ0) is 37.2. The number of carbonyl (C=O) groups is 2. The van der Waals surface area contributed by atoms with E-state index >= 15 is 8.78 Å². The molecule has 52 heavy (non-hydrogen) atoms. The van der Waals surface area contributed by atoms with Gasteiger partial charge in [0.15, 0.2) is 0 Å². The third-order valence-electron chi connectivity index (χ3n) is 9.66. The Morgan fingerprint density at radius 1 is 1.06 bits per heavy atom. The second-order valence-electron chi connectivity index (χ2n) is 13.2. The van der Waals surface area contributed by atoms with Crippen LogP contribution in [0.4, 0.5) is 13.2 Å². The molecule has 0 bridgehead atoms. The van der Waals surface area contributed by atoms with E-state index in [4.69, 9.17) is 14.8 Å². The summed E-state index contributed by atoms with van der Waals surface area (Å²) < 4.78 is 57.4. The van der Waals surface area contributed by atoms with Gasteiger partial charge in [0, 0.05) is 72.8 Å². The molecule has 1 aliphatic heterocycles. The van der Waals surface area contributed by atoms with E-state index in [2.05, 4.69) is 11.7 Å². The molecule has 0 fully saturated rings. The van der Waals surface area contributed by atoms with E-state index in [0.29, 0.717) is 34.3 Å². The van der Waals surface area contributed by atoms with Crippen LogP contribution in [0.3, 0.4) is 0 Å². The summed E-state index contributed by atoms with van der Waals surface area (Å²) in [5.41, 5.74) is 3.66. The Hall–Kier alpha value is -5.50. The van der Waals surface area contributed by atoms with Crippen LogP contribution in [0, 0.1) is 24.4 Å². The molecule has 14 heteroatoms. The summed E-state index contributed by atoms with van der Waals surface area (Å²) in [5, 5.41) is 11.9. The number of nitrogens with zero attached hydrogens (tertiary/aromatic N) is 7. The molecule has 4 aromatic heterocycles. The Balaban J connectivity index is 1.51. The summed E-state index contributed by atoms with van der Waals surface area (Å²) in [4.78, 5) is 33.3. The highest BCUT2D eigenvalue weighted by molar-refractivity contribution is 7.17. The van der Waals surface area contributed by atoms with Crippen LogP contribution in [0.2, 0.25) is 0 Å². The highest BCUT2D eigenvalue weighted by atomic mass is 32.1. The fourth-order valence-corrected chi connectivity index (χ4v) is 7.76. The summed E-state index contributed by atoms with van der Waals surface area (Å²) in [6, 6.07) is 8.53. The van der Waals surface area contributed by atoms with Gasteiger partial charge in [-0.1, -0.05) is 18.7 Å². The van der Waals surface area contributed by atoms with Gasteiger partial charge in [0.2, 0.25) is 11.8 Å². The van der Waals surface area contributed by atoms with Gasteiger partial charge in [0.25, 0.3) is 0 Å². The van der Waals surface area contributed by atoms with Crippen molar-refractivity contribution in [3.05, 3.63) is 83.3 Å². The number of halogens is 3. The lowest BCUT2D eigenvalue weighted by atomic mass is 9.94. The van der Waals surface area contributed by atoms with Crippen molar-refractivity contribution in [3.8, 4) is 39.5 Å². The molecule has 1 aliphatic rings. The average molecular weight is 728 g/mol. The minimum Gasteiger partial charge on any atom is -0.492 e. The highest BCUT2D eigenvalue weighted by Gasteiger charge is 2.34. The van der Waals surface area contributed by atoms with Gasteiger partial charge in [-0.2, -0.15) is 10.2 Å². The van der Waals surface area contributed by atoms with Crippen LogP contribution in [0.1, 0.15) is 43.7 Å². The number of hydrogen-bond acceptors (Lipinski definition) is 7. The number of hydrogen-bond donors (Lipinski definition) is 0. The number of carbonyl (C=O) groups excluding carboxylic acids is 2. The predicted octanol–water partition coefficient (Wildman–Crippen LogP) is 7.61. The van der Waals surface area contributed by atoms with Crippen molar-refractivity contribution in [1.82, 2.24) is 34.3 Å². The van der Waals surface area contributed by atoms with Crippen LogP contribution in [0.15, 0.2) is 54.4 Å². The number of benzene rings is 2. The maximum Gasteiger partial charge on any atom is 0.246 e. The molecule has 0 aliphatic carbocycles. The van der Waals surface area contributed by atoms with Gasteiger partial charge >= 0.3 is 0 Å². The van der Waals surface area contributed by atoms with E-state index in [0.717, 1.165) is 34.0 Å². The number of rotatable bonds is 8. The minimum absolute atomic E-state index is 0.0217. The maximum atomic E-state index is 16.3. The lowest BCUT2D eigenvalue weighted by Gasteiger charge is -2.36. The topological polar surface area (TPSA) is 98.4 Å². The quantitative estimate of drug-likeness (QED) is 0.150. The standard InChI is InChI=1S/C38H36F3N7O3S/c1-8-31(49)47-17-19(2)48-29(21(47)4)16-28(44-48)37-35(33-25(40)14-23(39)15-30(33)51-12-11-32(50)45(5)6)34-26(41)18-52-38(34)36(42-37)22-9-10-24-20(3)46(7)43-27(24)13-22/h8-10,13-16,18-19,21H,1,11-12,17H2,2-7H3/t19-,21+/m0/s1. The number of aryl methyl sites for hydroxylation is 2. The van der Waals surface area contributed by atoms with Gasteiger partial charge in [0.1, 0.15) is 34.6 Å². The number of fused-ring (bicyclic) bond motifs is 3. The van der Waals surface area contributed by atoms with Crippen molar-refractivity contribution in [3.63, 3.8) is 0 Å². The molecule has 2 amide bonds. The molecule has 6 aromatic rings. The monoisotopic (exact) mass is 727 g/mol. The number of aromatic nitrogens is 5. The van der Waals surface area contributed by atoms with E-state index in [1.165, 1.54) is 16.4 Å². The Kier molecular flexibility index (Phi) is 8.89. The zero-order valence-electron chi connectivity index (χ0n) is 29.5. The molecule has 0 saturated carbocycles. The average Bonchev–Trinajstić information content (AvgIpc) is 3.81. The Bertz CT molecular complexity index is 2430. The van der Waals surface area contributed by atoms with Gasteiger partial charge < -0.3 is 14.5 Å². The van der Waals surface area contributed by atoms with Crippen LogP contribution in [-0.2, 0) is 16.6 Å². The van der Waals surface area contributed by atoms with Crippen LogP contribution in [0.25, 0.3) is 54.8 Å². The molecule has 0 saturated heterocycles. The SMILES string of the molecule is C=CC(=O)N1C[C@H](C)n2nc(-c3nc(-c4ccc5c(C)n(C)nc5c4)c4scc(F)c4c3-c3c(F)cc(F)cc3OCCC(=O)N(C)C)cc2[C@H]1C. The summed E-state index contributed by atoms with van der Waals surface area (Å²) in [7, 11) is 5.04. The molecule has 5 heterocycles. The first-order chi connectivity index (χ1) is 24.8. The molecular formula is C38H36F3N7O3S. The molecule has 0 N–H and O–H groups in total. The molecule has 2 atom stereocenters. The van der Waals surface area contributed by atoms with Crippen LogP contribution < -0.4 is 4.74 Å². The zero-order valence-corrected chi connectivity index (χ0v) is 30.3. The van der Waals surface area contributed by atoms with Gasteiger partial charge in [-0.25, -0.2) is 18.2 Å². The van der Waals surface area contributed by atoms with Crippen LogP contribution in [0.5, 0.6) is 5.75 Å². The fourth-order valence-electron chi connectivity index (χ4n) is 6.83. The second kappa shape index (κ2) is 13.2. The maximum absolute atomic E-state index is 16.3. The Labute approximate surface area is 301 Å². The summed E-state index contributed by atoms with van der Waals surface area (Å²) >= 11 is 1.11. The Morgan fingerprint density at radius 3 is 2.56 bits per heavy atom. The molecule has 2 aromatic carbocycles. The molecular weight excluding hydrogens is 692 g/mol. The van der Waals surface area contributed by atoms with Crippen molar-refractivity contribution in [1.29, 1.82) is 0 Å². The number of thiophene rings is 1. The Morgan fingerprint density at radius 2 is 1.83 bits per heavy atom. The van der Waals surface area contributed by atoms with E-state index in [-0.39, 0.29) is 64.5 Å². The molecule has 0 radical (unpaired) electrons.